The summed E-state index contributed by atoms with van der Waals surface area (Å²) in [6.45, 7) is 0.295. The van der Waals surface area contributed by atoms with E-state index in [2.05, 4.69) is 41.2 Å². The minimum Gasteiger partial charge on any atom is -0.486 e. The van der Waals surface area contributed by atoms with Gasteiger partial charge in [0.2, 0.25) is 0 Å². The number of aromatic nitrogens is 4. The first-order chi connectivity index (χ1) is 13.2. The second-order valence-electron chi connectivity index (χ2n) is 5.61. The highest BCUT2D eigenvalue weighted by Gasteiger charge is 2.09. The molecule has 4 aromatic rings. The molecule has 1 N–H and O–H groups in total. The highest BCUT2D eigenvalue weighted by molar-refractivity contribution is 9.10. The number of rotatable bonds is 5. The van der Waals surface area contributed by atoms with Gasteiger partial charge in [0, 0.05) is 23.5 Å². The molecular weight excluding hydrogens is 430 g/mol. The molecule has 0 saturated heterocycles. The highest BCUT2D eigenvalue weighted by Crippen LogP contribution is 2.31. The minimum atomic E-state index is 0.295. The zero-order chi connectivity index (χ0) is 18.6. The van der Waals surface area contributed by atoms with Crippen LogP contribution in [0.2, 0.25) is 5.02 Å². The number of halogens is 2. The van der Waals surface area contributed by atoms with E-state index in [0.29, 0.717) is 27.9 Å². The second-order valence-corrected chi connectivity index (χ2v) is 6.73. The van der Waals surface area contributed by atoms with Gasteiger partial charge in [-0.3, -0.25) is 9.97 Å². The summed E-state index contributed by atoms with van der Waals surface area (Å²) in [7, 11) is 0. The van der Waals surface area contributed by atoms with Gasteiger partial charge in [-0.05, 0) is 46.3 Å². The van der Waals surface area contributed by atoms with E-state index in [9.17, 15) is 0 Å². The van der Waals surface area contributed by atoms with Crippen molar-refractivity contribution in [3.05, 3.63) is 76.5 Å². The zero-order valence-electron chi connectivity index (χ0n) is 13.9. The first kappa shape index (κ1) is 17.6. The molecule has 0 aliphatic rings. The van der Waals surface area contributed by atoms with E-state index >= 15 is 0 Å². The number of para-hydroxylation sites is 1. The molecule has 0 amide bonds. The van der Waals surface area contributed by atoms with E-state index in [1.54, 1.807) is 30.7 Å². The first-order valence-electron chi connectivity index (χ1n) is 8.05. The summed E-state index contributed by atoms with van der Waals surface area (Å²) in [5, 5.41) is 4.69. The van der Waals surface area contributed by atoms with Crippen LogP contribution in [0.1, 0.15) is 5.69 Å². The first-order valence-corrected chi connectivity index (χ1v) is 9.23. The van der Waals surface area contributed by atoms with Crippen LogP contribution < -0.4 is 10.1 Å². The van der Waals surface area contributed by atoms with Gasteiger partial charge in [0.1, 0.15) is 18.2 Å². The number of nitrogens with one attached hydrogen (secondary N) is 1. The smallest absolute Gasteiger partial charge is 0.199 e. The van der Waals surface area contributed by atoms with Gasteiger partial charge < -0.3 is 10.1 Å². The largest absolute Gasteiger partial charge is 0.486 e. The lowest BCUT2D eigenvalue weighted by Gasteiger charge is -2.12. The lowest BCUT2D eigenvalue weighted by molar-refractivity contribution is 0.301. The number of hydrogen-bond acceptors (Lipinski definition) is 6. The van der Waals surface area contributed by atoms with E-state index in [1.165, 1.54) is 0 Å². The summed E-state index contributed by atoms with van der Waals surface area (Å²) >= 11 is 9.71. The summed E-state index contributed by atoms with van der Waals surface area (Å²) in [6, 6.07) is 13.3. The average molecular weight is 443 g/mol. The number of nitrogens with zero attached hydrogens (tertiary/aromatic N) is 4. The summed E-state index contributed by atoms with van der Waals surface area (Å²) in [5.74, 6) is 1.26. The summed E-state index contributed by atoms with van der Waals surface area (Å²) in [6.07, 6.45) is 4.89. The number of benzene rings is 2. The fraction of sp³-hybridized carbons (Fsp3) is 0.0526. The van der Waals surface area contributed by atoms with Gasteiger partial charge in [-0.1, -0.05) is 23.7 Å². The van der Waals surface area contributed by atoms with E-state index in [1.807, 2.05) is 30.3 Å². The molecular formula is C19H13BrClN5O. The maximum Gasteiger partial charge on any atom is 0.199 e. The summed E-state index contributed by atoms with van der Waals surface area (Å²) < 4.78 is 6.23. The molecule has 2 aromatic carbocycles. The molecule has 4 rings (SSSR count). The normalized spacial score (nSPS) is 10.7. The second kappa shape index (κ2) is 7.85. The molecule has 0 aliphatic heterocycles. The van der Waals surface area contributed by atoms with Crippen LogP contribution in [0.15, 0.2) is 65.8 Å². The van der Waals surface area contributed by atoms with Gasteiger partial charge >= 0.3 is 0 Å². The Morgan fingerprint density at radius 1 is 1.07 bits per heavy atom. The predicted octanol–water partition coefficient (Wildman–Crippen LogP) is 5.16. The van der Waals surface area contributed by atoms with E-state index in [-0.39, 0.29) is 0 Å². The average Bonchev–Trinajstić information content (AvgIpc) is 2.68. The van der Waals surface area contributed by atoms with Crippen molar-refractivity contribution in [2.75, 3.05) is 5.32 Å². The minimum absolute atomic E-state index is 0.295. The molecule has 2 heterocycles. The molecule has 2 aromatic heterocycles. The quantitative estimate of drug-likeness (QED) is 0.431. The van der Waals surface area contributed by atoms with Gasteiger partial charge in [0.25, 0.3) is 0 Å². The molecule has 134 valence electrons. The number of ether oxygens (including phenoxy) is 1. The predicted molar refractivity (Wildman–Crippen MR) is 108 cm³/mol. The maximum atomic E-state index is 6.37. The molecule has 27 heavy (non-hydrogen) atoms. The van der Waals surface area contributed by atoms with Gasteiger partial charge in [-0.15, -0.1) is 0 Å². The van der Waals surface area contributed by atoms with Gasteiger partial charge in [0.15, 0.2) is 4.73 Å². The molecule has 0 bridgehead atoms. The lowest BCUT2D eigenvalue weighted by atomic mass is 10.2. The molecule has 0 atom stereocenters. The third-order valence-electron chi connectivity index (χ3n) is 3.76. The van der Waals surface area contributed by atoms with Crippen molar-refractivity contribution in [1.82, 2.24) is 19.9 Å². The van der Waals surface area contributed by atoms with Crippen LogP contribution in [-0.2, 0) is 6.61 Å². The third-order valence-corrected chi connectivity index (χ3v) is 4.41. The van der Waals surface area contributed by atoms with Crippen LogP contribution in [-0.4, -0.2) is 19.9 Å². The molecule has 0 unspecified atom stereocenters. The van der Waals surface area contributed by atoms with Crippen molar-refractivity contribution in [1.29, 1.82) is 0 Å². The van der Waals surface area contributed by atoms with Gasteiger partial charge in [-0.25, -0.2) is 9.97 Å². The van der Waals surface area contributed by atoms with Crippen LogP contribution in [0.25, 0.3) is 10.9 Å². The van der Waals surface area contributed by atoms with Crippen molar-refractivity contribution >= 4 is 49.9 Å². The Morgan fingerprint density at radius 2 is 1.96 bits per heavy atom. The molecule has 0 saturated carbocycles. The lowest BCUT2D eigenvalue weighted by Crippen LogP contribution is -2.00. The molecule has 6 nitrogen and oxygen atoms in total. The Bertz CT molecular complexity index is 1090. The van der Waals surface area contributed by atoms with Crippen molar-refractivity contribution in [2.24, 2.45) is 0 Å². The topological polar surface area (TPSA) is 72.8 Å². The maximum absolute atomic E-state index is 6.37. The molecule has 0 spiro atoms. The van der Waals surface area contributed by atoms with Crippen LogP contribution in [0, 0.1) is 0 Å². The van der Waals surface area contributed by atoms with Crippen LogP contribution in [0.4, 0.5) is 11.5 Å². The van der Waals surface area contributed by atoms with Crippen molar-refractivity contribution in [3.8, 4) is 5.75 Å². The monoisotopic (exact) mass is 441 g/mol. The Morgan fingerprint density at radius 3 is 2.78 bits per heavy atom. The molecule has 0 aliphatic carbocycles. The fourth-order valence-electron chi connectivity index (χ4n) is 2.53. The summed E-state index contributed by atoms with van der Waals surface area (Å²) in [4.78, 5) is 17.0. The van der Waals surface area contributed by atoms with Crippen molar-refractivity contribution in [2.45, 2.75) is 6.61 Å². The highest BCUT2D eigenvalue weighted by atomic mass is 79.9. The van der Waals surface area contributed by atoms with Crippen LogP contribution in [0.3, 0.4) is 0 Å². The number of fused-ring (bicyclic) bond motifs is 1. The summed E-state index contributed by atoms with van der Waals surface area (Å²) in [5.41, 5.74) is 2.37. The molecule has 0 radical (unpaired) electrons. The number of hydrogen-bond donors (Lipinski definition) is 1. The van der Waals surface area contributed by atoms with Gasteiger partial charge in [0.05, 0.1) is 22.4 Å². The Labute approximate surface area is 168 Å². The van der Waals surface area contributed by atoms with E-state index < -0.39 is 0 Å². The number of anilines is 2. The molecule has 0 fully saturated rings. The Kier molecular flexibility index (Phi) is 5.13. The Hall–Kier alpha value is -2.77. The fourth-order valence-corrected chi connectivity index (χ4v) is 3.14. The van der Waals surface area contributed by atoms with Crippen LogP contribution >= 0.6 is 27.5 Å². The van der Waals surface area contributed by atoms with Gasteiger partial charge in [-0.2, -0.15) is 0 Å². The third kappa shape index (κ3) is 4.15. The van der Waals surface area contributed by atoms with Crippen molar-refractivity contribution < 1.29 is 4.74 Å². The SMILES string of the molecule is Clc1cc(Nc2nc(Br)nc3ccccc23)ccc1OCc1cnccn1. The Balaban J connectivity index is 1.55. The zero-order valence-corrected chi connectivity index (χ0v) is 16.3. The van der Waals surface area contributed by atoms with E-state index in [4.69, 9.17) is 16.3 Å². The van der Waals surface area contributed by atoms with E-state index in [0.717, 1.165) is 22.3 Å². The molecule has 8 heteroatoms. The van der Waals surface area contributed by atoms with Crippen LogP contribution in [0.5, 0.6) is 5.75 Å². The standard InChI is InChI=1S/C19H13BrClN5O/c20-19-25-16-4-2-1-3-14(16)18(26-19)24-12-5-6-17(15(21)9-12)27-11-13-10-22-7-8-23-13/h1-10H,11H2,(H,24,25,26). The van der Waals surface area contributed by atoms with Crippen molar-refractivity contribution in [3.63, 3.8) is 0 Å².